The van der Waals surface area contributed by atoms with E-state index < -0.39 is 0 Å². The van der Waals surface area contributed by atoms with Crippen LogP contribution >= 0.6 is 0 Å². The van der Waals surface area contributed by atoms with E-state index in [1.807, 2.05) is 19.2 Å². The Bertz CT molecular complexity index is 329. The van der Waals surface area contributed by atoms with Gasteiger partial charge in [0.25, 0.3) is 0 Å². The molecule has 1 atom stereocenters. The first-order chi connectivity index (χ1) is 7.77. The monoisotopic (exact) mass is 222 g/mol. The fraction of sp³-hybridized carbons (Fsp3) is 0.583. The van der Waals surface area contributed by atoms with Crippen LogP contribution in [0.3, 0.4) is 0 Å². The summed E-state index contributed by atoms with van der Waals surface area (Å²) in [6.45, 7) is 2.40. The van der Waals surface area contributed by atoms with E-state index in [-0.39, 0.29) is 11.8 Å². The molecule has 16 heavy (non-hydrogen) atoms. The van der Waals surface area contributed by atoms with E-state index in [1.165, 1.54) is 0 Å². The van der Waals surface area contributed by atoms with Crippen molar-refractivity contribution >= 4 is 5.91 Å². The number of furan rings is 1. The molecule has 1 saturated heterocycles. The third kappa shape index (κ3) is 2.64. The van der Waals surface area contributed by atoms with Gasteiger partial charge < -0.3 is 14.6 Å². The van der Waals surface area contributed by atoms with Crippen LogP contribution in [0.4, 0.5) is 0 Å². The molecule has 1 N–H and O–H groups in total. The number of carbonyl (C=O) groups is 1. The summed E-state index contributed by atoms with van der Waals surface area (Å²) in [7, 11) is 1.83. The van der Waals surface area contributed by atoms with E-state index in [0.717, 1.165) is 31.7 Å². The number of piperidine rings is 1. The van der Waals surface area contributed by atoms with Gasteiger partial charge in [-0.3, -0.25) is 4.79 Å². The molecule has 2 rings (SSSR count). The second-order valence-corrected chi connectivity index (χ2v) is 4.32. The molecule has 0 aromatic carbocycles. The van der Waals surface area contributed by atoms with Gasteiger partial charge in [-0.2, -0.15) is 0 Å². The zero-order valence-electron chi connectivity index (χ0n) is 9.61. The third-order valence-electron chi connectivity index (χ3n) is 3.00. The normalized spacial score (nSPS) is 20.7. The van der Waals surface area contributed by atoms with Gasteiger partial charge in [0, 0.05) is 13.6 Å². The molecule has 0 saturated carbocycles. The Balaban J connectivity index is 1.88. The van der Waals surface area contributed by atoms with Gasteiger partial charge in [-0.05, 0) is 31.5 Å². The Morgan fingerprint density at radius 1 is 1.69 bits per heavy atom. The van der Waals surface area contributed by atoms with Crippen molar-refractivity contribution in [3.05, 3.63) is 24.2 Å². The zero-order chi connectivity index (χ0) is 11.4. The first kappa shape index (κ1) is 11.2. The molecule has 0 bridgehead atoms. The zero-order valence-corrected chi connectivity index (χ0v) is 9.61. The number of rotatable bonds is 3. The van der Waals surface area contributed by atoms with Crippen LogP contribution in [0.2, 0.25) is 0 Å². The molecule has 1 aliphatic rings. The summed E-state index contributed by atoms with van der Waals surface area (Å²) in [6, 6.07) is 3.73. The predicted molar refractivity (Wildman–Crippen MR) is 60.8 cm³/mol. The molecule has 0 unspecified atom stereocenters. The van der Waals surface area contributed by atoms with Crippen LogP contribution in [0.5, 0.6) is 0 Å². The van der Waals surface area contributed by atoms with E-state index in [1.54, 1.807) is 11.2 Å². The number of amides is 1. The summed E-state index contributed by atoms with van der Waals surface area (Å²) < 4.78 is 5.23. The van der Waals surface area contributed by atoms with Crippen molar-refractivity contribution in [2.45, 2.75) is 19.4 Å². The van der Waals surface area contributed by atoms with Crippen molar-refractivity contribution in [2.75, 3.05) is 20.1 Å². The number of carbonyl (C=O) groups excluding carboxylic acids is 1. The van der Waals surface area contributed by atoms with Crippen molar-refractivity contribution < 1.29 is 9.21 Å². The highest BCUT2D eigenvalue weighted by molar-refractivity contribution is 5.78. The maximum absolute atomic E-state index is 12.1. The number of hydrogen-bond acceptors (Lipinski definition) is 3. The summed E-state index contributed by atoms with van der Waals surface area (Å²) in [6.07, 6.45) is 3.72. The molecule has 88 valence electrons. The van der Waals surface area contributed by atoms with E-state index in [9.17, 15) is 4.79 Å². The van der Waals surface area contributed by atoms with Gasteiger partial charge in [0.05, 0.1) is 18.7 Å². The molecular formula is C12H18N2O2. The summed E-state index contributed by atoms with van der Waals surface area (Å²) in [5, 5.41) is 3.26. The second kappa shape index (κ2) is 5.16. The molecule has 0 aliphatic carbocycles. The maximum Gasteiger partial charge on any atom is 0.227 e. The second-order valence-electron chi connectivity index (χ2n) is 4.32. The Morgan fingerprint density at radius 3 is 3.19 bits per heavy atom. The highest BCUT2D eigenvalue weighted by Gasteiger charge is 2.24. The highest BCUT2D eigenvalue weighted by atomic mass is 16.3. The number of hydrogen-bond donors (Lipinski definition) is 1. The summed E-state index contributed by atoms with van der Waals surface area (Å²) >= 11 is 0. The van der Waals surface area contributed by atoms with E-state index in [2.05, 4.69) is 5.32 Å². The third-order valence-corrected chi connectivity index (χ3v) is 3.00. The average molecular weight is 222 g/mol. The Morgan fingerprint density at radius 2 is 2.56 bits per heavy atom. The molecule has 1 aliphatic heterocycles. The highest BCUT2D eigenvalue weighted by Crippen LogP contribution is 2.14. The summed E-state index contributed by atoms with van der Waals surface area (Å²) in [4.78, 5) is 13.8. The van der Waals surface area contributed by atoms with Gasteiger partial charge in [-0.15, -0.1) is 0 Å². The van der Waals surface area contributed by atoms with Crippen LogP contribution in [0.1, 0.15) is 18.6 Å². The topological polar surface area (TPSA) is 45.5 Å². The Hall–Kier alpha value is -1.29. The minimum atomic E-state index is 0.133. The molecule has 0 radical (unpaired) electrons. The largest absolute Gasteiger partial charge is 0.467 e. The van der Waals surface area contributed by atoms with Crippen molar-refractivity contribution in [2.24, 2.45) is 5.92 Å². The molecule has 1 amide bonds. The van der Waals surface area contributed by atoms with Gasteiger partial charge in [0.15, 0.2) is 0 Å². The summed E-state index contributed by atoms with van der Waals surface area (Å²) in [5.41, 5.74) is 0. The van der Waals surface area contributed by atoms with Crippen LogP contribution in [0, 0.1) is 5.92 Å². The maximum atomic E-state index is 12.1. The average Bonchev–Trinajstić information content (AvgIpc) is 2.82. The summed E-state index contributed by atoms with van der Waals surface area (Å²) in [5.74, 6) is 1.18. The smallest absolute Gasteiger partial charge is 0.227 e. The Labute approximate surface area is 95.6 Å². The SMILES string of the molecule is CN(Cc1ccco1)C(=O)[C@H]1CCCNC1. The van der Waals surface area contributed by atoms with Crippen molar-refractivity contribution in [1.29, 1.82) is 0 Å². The lowest BCUT2D eigenvalue weighted by Gasteiger charge is -2.26. The molecule has 1 fully saturated rings. The van der Waals surface area contributed by atoms with Crippen LogP contribution < -0.4 is 5.32 Å². The fourth-order valence-corrected chi connectivity index (χ4v) is 2.09. The lowest BCUT2D eigenvalue weighted by atomic mass is 9.98. The lowest BCUT2D eigenvalue weighted by Crippen LogP contribution is -2.41. The van der Waals surface area contributed by atoms with Gasteiger partial charge in [0.2, 0.25) is 5.91 Å². The van der Waals surface area contributed by atoms with Crippen molar-refractivity contribution in [3.8, 4) is 0 Å². The predicted octanol–water partition coefficient (Wildman–Crippen LogP) is 1.24. The molecule has 0 spiro atoms. The van der Waals surface area contributed by atoms with Crippen molar-refractivity contribution in [1.82, 2.24) is 10.2 Å². The van der Waals surface area contributed by atoms with Crippen LogP contribution in [0.25, 0.3) is 0 Å². The Kier molecular flexibility index (Phi) is 3.62. The molecular weight excluding hydrogens is 204 g/mol. The molecule has 2 heterocycles. The number of nitrogens with one attached hydrogen (secondary N) is 1. The molecule has 1 aromatic heterocycles. The van der Waals surface area contributed by atoms with E-state index in [0.29, 0.717) is 6.54 Å². The lowest BCUT2D eigenvalue weighted by molar-refractivity contribution is -0.135. The van der Waals surface area contributed by atoms with Gasteiger partial charge in [0.1, 0.15) is 5.76 Å². The van der Waals surface area contributed by atoms with Crippen LogP contribution in [-0.2, 0) is 11.3 Å². The van der Waals surface area contributed by atoms with Crippen LogP contribution in [-0.4, -0.2) is 30.9 Å². The van der Waals surface area contributed by atoms with E-state index >= 15 is 0 Å². The van der Waals surface area contributed by atoms with E-state index in [4.69, 9.17) is 4.42 Å². The standard InChI is InChI=1S/C12H18N2O2/c1-14(9-11-5-3-7-16-11)12(15)10-4-2-6-13-8-10/h3,5,7,10,13H,2,4,6,8-9H2,1H3/t10-/m0/s1. The molecule has 4 nitrogen and oxygen atoms in total. The van der Waals surface area contributed by atoms with Crippen molar-refractivity contribution in [3.63, 3.8) is 0 Å². The van der Waals surface area contributed by atoms with Crippen LogP contribution in [0.15, 0.2) is 22.8 Å². The first-order valence-corrected chi connectivity index (χ1v) is 5.75. The van der Waals surface area contributed by atoms with Gasteiger partial charge in [-0.25, -0.2) is 0 Å². The molecule has 1 aromatic rings. The van der Waals surface area contributed by atoms with Gasteiger partial charge >= 0.3 is 0 Å². The molecule has 4 heteroatoms. The first-order valence-electron chi connectivity index (χ1n) is 5.75. The number of nitrogens with zero attached hydrogens (tertiary/aromatic N) is 1. The minimum absolute atomic E-state index is 0.133. The minimum Gasteiger partial charge on any atom is -0.467 e. The van der Waals surface area contributed by atoms with Gasteiger partial charge in [-0.1, -0.05) is 0 Å². The quantitative estimate of drug-likeness (QED) is 0.837. The fourth-order valence-electron chi connectivity index (χ4n) is 2.09.